The summed E-state index contributed by atoms with van der Waals surface area (Å²) in [5.74, 6) is 0. The highest BCUT2D eigenvalue weighted by atomic mass is 15.1. The van der Waals surface area contributed by atoms with Gasteiger partial charge in [0.2, 0.25) is 0 Å². The fourth-order valence-electron chi connectivity index (χ4n) is 8.56. The lowest BCUT2D eigenvalue weighted by molar-refractivity contribution is 0.661. The van der Waals surface area contributed by atoms with E-state index in [1.165, 1.54) is 44.1 Å². The largest absolute Gasteiger partial charge is 0.310 e. The minimum absolute atomic E-state index is 0.215. The Labute approximate surface area is 316 Å². The van der Waals surface area contributed by atoms with E-state index in [1.807, 2.05) is 0 Å². The Morgan fingerprint density at radius 2 is 0.778 bits per heavy atom. The molecule has 0 bridgehead atoms. The Hall–Kier alpha value is -6.84. The molecule has 9 aromatic rings. The summed E-state index contributed by atoms with van der Waals surface area (Å²) in [4.78, 5) is 4.71. The lowest BCUT2D eigenvalue weighted by atomic mass is 9.82. The third-order valence-electron chi connectivity index (χ3n) is 11.1. The molecule has 0 fully saturated rings. The molecule has 1 heterocycles. The molecule has 0 spiro atoms. The van der Waals surface area contributed by atoms with Gasteiger partial charge in [-0.2, -0.15) is 0 Å². The topological polar surface area (TPSA) is 11.4 Å². The highest BCUT2D eigenvalue weighted by molar-refractivity contribution is 6.12. The summed E-state index contributed by atoms with van der Waals surface area (Å²) in [5.41, 5.74) is 15.5. The molecule has 0 amide bonds. The summed E-state index contributed by atoms with van der Waals surface area (Å²) >= 11 is 0. The van der Waals surface area contributed by atoms with Crippen molar-refractivity contribution < 1.29 is 0 Å². The average molecular weight is 694 g/mol. The van der Waals surface area contributed by atoms with Crippen molar-refractivity contribution in [3.8, 4) is 16.8 Å². The van der Waals surface area contributed by atoms with Crippen LogP contribution in [0.15, 0.2) is 200 Å². The molecule has 3 heteroatoms. The third kappa shape index (κ3) is 5.12. The molecule has 0 saturated heterocycles. The number of para-hydroxylation sites is 5. The van der Waals surface area contributed by atoms with E-state index in [2.05, 4.69) is 228 Å². The number of fused-ring (bicyclic) bond motifs is 6. The van der Waals surface area contributed by atoms with Gasteiger partial charge >= 0.3 is 0 Å². The summed E-state index contributed by atoms with van der Waals surface area (Å²) in [7, 11) is 0. The van der Waals surface area contributed by atoms with Gasteiger partial charge in [-0.1, -0.05) is 111 Å². The monoisotopic (exact) mass is 693 g/mol. The number of rotatable bonds is 7. The number of anilines is 6. The van der Waals surface area contributed by atoms with Gasteiger partial charge in [-0.15, -0.1) is 0 Å². The fourth-order valence-corrected chi connectivity index (χ4v) is 8.56. The Morgan fingerprint density at radius 3 is 1.30 bits per heavy atom. The molecule has 0 saturated carbocycles. The molecule has 0 aliphatic heterocycles. The van der Waals surface area contributed by atoms with E-state index < -0.39 is 0 Å². The number of benzene rings is 8. The maximum absolute atomic E-state index is 2.48. The molecule has 54 heavy (non-hydrogen) atoms. The molecule has 1 aromatic heterocycles. The van der Waals surface area contributed by atoms with Crippen molar-refractivity contribution in [1.29, 1.82) is 0 Å². The predicted molar refractivity (Wildman–Crippen MR) is 228 cm³/mol. The first-order valence-electron chi connectivity index (χ1n) is 18.7. The lowest BCUT2D eigenvalue weighted by Crippen LogP contribution is -2.16. The van der Waals surface area contributed by atoms with E-state index in [1.54, 1.807) is 0 Å². The van der Waals surface area contributed by atoms with Crippen molar-refractivity contribution in [3.05, 3.63) is 211 Å². The van der Waals surface area contributed by atoms with Crippen LogP contribution in [0.5, 0.6) is 0 Å². The standard InChI is InChI=1S/C51H39N3/c1-51(2)47-33-42(53(38-22-12-5-13-23-38)39-24-14-6-15-25-39)28-30-43(47)44-35-50-46(34-48(44)51)45-32-41(29-31-49(45)54(50)40-26-16-7-17-27-40)52(36-18-8-3-9-19-36)37-20-10-4-11-21-37/h3-35H,1-2H3. The Morgan fingerprint density at radius 1 is 0.352 bits per heavy atom. The molecule has 10 rings (SSSR count). The van der Waals surface area contributed by atoms with Gasteiger partial charge in [0.15, 0.2) is 0 Å². The van der Waals surface area contributed by atoms with Crippen molar-refractivity contribution in [2.75, 3.05) is 9.80 Å². The molecule has 0 radical (unpaired) electrons. The van der Waals surface area contributed by atoms with E-state index in [9.17, 15) is 0 Å². The van der Waals surface area contributed by atoms with Crippen LogP contribution in [-0.2, 0) is 5.41 Å². The maximum atomic E-state index is 2.48. The van der Waals surface area contributed by atoms with Gasteiger partial charge in [-0.25, -0.2) is 0 Å². The second-order valence-corrected chi connectivity index (χ2v) is 14.7. The molecule has 8 aromatic carbocycles. The van der Waals surface area contributed by atoms with E-state index >= 15 is 0 Å². The van der Waals surface area contributed by atoms with Crippen molar-refractivity contribution in [2.45, 2.75) is 19.3 Å². The molecule has 3 nitrogen and oxygen atoms in total. The van der Waals surface area contributed by atoms with Crippen LogP contribution in [0.1, 0.15) is 25.0 Å². The number of nitrogens with zero attached hydrogens (tertiary/aromatic N) is 3. The third-order valence-corrected chi connectivity index (χ3v) is 11.1. The maximum Gasteiger partial charge on any atom is 0.0547 e. The van der Waals surface area contributed by atoms with Crippen LogP contribution in [0.25, 0.3) is 38.6 Å². The van der Waals surface area contributed by atoms with Gasteiger partial charge in [-0.05, 0) is 125 Å². The average Bonchev–Trinajstić information content (AvgIpc) is 3.66. The van der Waals surface area contributed by atoms with Crippen LogP contribution >= 0.6 is 0 Å². The van der Waals surface area contributed by atoms with Gasteiger partial charge in [0.05, 0.1) is 11.0 Å². The van der Waals surface area contributed by atoms with Crippen LogP contribution in [-0.4, -0.2) is 4.57 Å². The van der Waals surface area contributed by atoms with Crippen LogP contribution in [0.2, 0.25) is 0 Å². The zero-order chi connectivity index (χ0) is 36.2. The normalized spacial score (nSPS) is 12.8. The Bertz CT molecular complexity index is 2690. The predicted octanol–water partition coefficient (Wildman–Crippen LogP) is 14.0. The van der Waals surface area contributed by atoms with Crippen molar-refractivity contribution in [2.24, 2.45) is 0 Å². The highest BCUT2D eigenvalue weighted by Gasteiger charge is 2.37. The molecular weight excluding hydrogens is 655 g/mol. The van der Waals surface area contributed by atoms with Crippen molar-refractivity contribution >= 4 is 55.9 Å². The van der Waals surface area contributed by atoms with Crippen molar-refractivity contribution in [1.82, 2.24) is 4.57 Å². The molecule has 0 atom stereocenters. The van der Waals surface area contributed by atoms with Crippen LogP contribution in [0.4, 0.5) is 34.1 Å². The lowest BCUT2D eigenvalue weighted by Gasteiger charge is -2.28. The minimum Gasteiger partial charge on any atom is -0.310 e. The Balaban J connectivity index is 1.18. The molecule has 0 N–H and O–H groups in total. The van der Waals surface area contributed by atoms with Gasteiger partial charge in [0.1, 0.15) is 0 Å². The zero-order valence-corrected chi connectivity index (χ0v) is 30.4. The first-order chi connectivity index (χ1) is 26.6. The first-order valence-corrected chi connectivity index (χ1v) is 18.7. The smallest absolute Gasteiger partial charge is 0.0547 e. The molecule has 258 valence electrons. The summed E-state index contributed by atoms with van der Waals surface area (Å²) < 4.78 is 2.44. The summed E-state index contributed by atoms with van der Waals surface area (Å²) in [5, 5.41) is 2.49. The van der Waals surface area contributed by atoms with E-state index in [0.717, 1.165) is 39.8 Å². The van der Waals surface area contributed by atoms with Crippen LogP contribution in [0, 0.1) is 0 Å². The van der Waals surface area contributed by atoms with Gasteiger partial charge in [0.25, 0.3) is 0 Å². The van der Waals surface area contributed by atoms with Gasteiger partial charge in [-0.3, -0.25) is 0 Å². The van der Waals surface area contributed by atoms with Crippen LogP contribution < -0.4 is 9.80 Å². The zero-order valence-electron chi connectivity index (χ0n) is 30.4. The number of aromatic nitrogens is 1. The summed E-state index contributed by atoms with van der Waals surface area (Å²) in [6.07, 6.45) is 0. The molecule has 1 aliphatic rings. The van der Waals surface area contributed by atoms with E-state index in [4.69, 9.17) is 0 Å². The van der Waals surface area contributed by atoms with E-state index in [-0.39, 0.29) is 5.41 Å². The second-order valence-electron chi connectivity index (χ2n) is 14.7. The van der Waals surface area contributed by atoms with Crippen LogP contribution in [0.3, 0.4) is 0 Å². The first kappa shape index (κ1) is 31.9. The highest BCUT2D eigenvalue weighted by Crippen LogP contribution is 2.53. The quantitative estimate of drug-likeness (QED) is 0.165. The second kappa shape index (κ2) is 12.7. The molecular formula is C51H39N3. The fraction of sp³-hybridized carbons (Fsp3) is 0.0588. The number of hydrogen-bond donors (Lipinski definition) is 0. The molecule has 1 aliphatic carbocycles. The summed E-state index contributed by atoms with van der Waals surface area (Å²) in [6.45, 7) is 4.77. The SMILES string of the molecule is CC1(C)c2cc(N(c3ccccc3)c3ccccc3)ccc2-c2cc3c(cc21)c1cc(N(c2ccccc2)c2ccccc2)ccc1n3-c1ccccc1. The number of hydrogen-bond acceptors (Lipinski definition) is 2. The van der Waals surface area contributed by atoms with E-state index in [0.29, 0.717) is 0 Å². The van der Waals surface area contributed by atoms with Gasteiger partial charge < -0.3 is 14.4 Å². The minimum atomic E-state index is -0.215. The Kier molecular flexibility index (Phi) is 7.48. The van der Waals surface area contributed by atoms with Crippen molar-refractivity contribution in [3.63, 3.8) is 0 Å². The molecule has 0 unspecified atom stereocenters. The van der Waals surface area contributed by atoms with Gasteiger partial charge in [0, 0.05) is 56.0 Å². The summed E-state index contributed by atoms with van der Waals surface area (Å²) in [6, 6.07) is 72.4.